The van der Waals surface area contributed by atoms with Gasteiger partial charge >= 0.3 is 18.5 Å². The van der Waals surface area contributed by atoms with Crippen LogP contribution in [0.3, 0.4) is 0 Å². The SMILES string of the molecule is COC(=O)[C@H](O)CNC(=O)c1ccc(CC(c2ccc(OC(F)(F)F)cc2)c2nc(-c3ccc(C(F)(F)F)cc3)cs2)cc1. The van der Waals surface area contributed by atoms with Gasteiger partial charge in [0.2, 0.25) is 0 Å². The van der Waals surface area contributed by atoms with Gasteiger partial charge in [0, 0.05) is 22.4 Å². The minimum atomic E-state index is -4.86. The molecule has 0 bridgehead atoms. The molecule has 44 heavy (non-hydrogen) atoms. The molecule has 2 N–H and O–H groups in total. The Kier molecular flexibility index (Phi) is 9.95. The third-order valence-electron chi connectivity index (χ3n) is 6.43. The molecule has 0 saturated heterocycles. The number of rotatable bonds is 10. The first-order valence-corrected chi connectivity index (χ1v) is 13.7. The molecule has 1 amide bonds. The molecule has 0 aliphatic rings. The summed E-state index contributed by atoms with van der Waals surface area (Å²) in [5.41, 5.74) is 1.68. The van der Waals surface area contributed by atoms with Gasteiger partial charge in [0.05, 0.1) is 24.9 Å². The lowest BCUT2D eigenvalue weighted by Gasteiger charge is -2.17. The highest BCUT2D eigenvalue weighted by Crippen LogP contribution is 2.36. The van der Waals surface area contributed by atoms with Crippen LogP contribution in [0.1, 0.15) is 38.0 Å². The number of methoxy groups -OCH3 is 1. The molecule has 1 aromatic heterocycles. The van der Waals surface area contributed by atoms with Crippen molar-refractivity contribution in [1.29, 1.82) is 0 Å². The Morgan fingerprint density at radius 1 is 0.932 bits per heavy atom. The number of benzene rings is 3. The number of hydrogen-bond donors (Lipinski definition) is 2. The van der Waals surface area contributed by atoms with Crippen LogP contribution in [0.5, 0.6) is 5.75 Å². The molecule has 7 nitrogen and oxygen atoms in total. The number of halogens is 6. The summed E-state index contributed by atoms with van der Waals surface area (Å²) in [4.78, 5) is 28.4. The molecule has 3 aromatic carbocycles. The number of nitrogens with zero attached hydrogens (tertiary/aromatic N) is 1. The van der Waals surface area contributed by atoms with E-state index in [9.17, 15) is 41.0 Å². The summed E-state index contributed by atoms with van der Waals surface area (Å²) in [7, 11) is 1.10. The van der Waals surface area contributed by atoms with Crippen LogP contribution in [-0.4, -0.2) is 48.1 Å². The van der Waals surface area contributed by atoms with Gasteiger partial charge in [-0.2, -0.15) is 13.2 Å². The van der Waals surface area contributed by atoms with E-state index in [1.165, 1.54) is 59.9 Å². The third kappa shape index (κ3) is 8.57. The number of nitrogens with one attached hydrogen (secondary N) is 1. The zero-order valence-corrected chi connectivity index (χ0v) is 23.6. The van der Waals surface area contributed by atoms with Crippen LogP contribution in [0.4, 0.5) is 26.3 Å². The predicted molar refractivity (Wildman–Crippen MR) is 148 cm³/mol. The van der Waals surface area contributed by atoms with Crippen molar-refractivity contribution in [1.82, 2.24) is 10.3 Å². The standard InChI is InChI=1S/C30H24F6N2O5S/c1-42-28(41)25(39)15-37-26(40)20-4-2-17(3-5-20)14-23(18-8-12-22(13-9-18)43-30(34,35)36)27-38-24(16-44-27)19-6-10-21(11-7-19)29(31,32)33/h2-13,16,23,25,39H,14-15H2,1H3,(H,37,40)/t23?,25-/m1/s1. The first-order chi connectivity index (χ1) is 20.7. The lowest BCUT2D eigenvalue weighted by Crippen LogP contribution is -2.37. The predicted octanol–water partition coefficient (Wildman–Crippen LogP) is 6.37. The number of hydrogen-bond acceptors (Lipinski definition) is 7. The van der Waals surface area contributed by atoms with E-state index in [0.29, 0.717) is 28.2 Å². The van der Waals surface area contributed by atoms with E-state index in [1.54, 1.807) is 17.5 Å². The van der Waals surface area contributed by atoms with E-state index in [-0.39, 0.29) is 12.1 Å². The minimum Gasteiger partial charge on any atom is -0.467 e. The van der Waals surface area contributed by atoms with Crippen LogP contribution in [0.15, 0.2) is 78.2 Å². The number of aliphatic hydroxyl groups is 1. The van der Waals surface area contributed by atoms with Crippen molar-refractivity contribution >= 4 is 23.2 Å². The van der Waals surface area contributed by atoms with E-state index < -0.39 is 47.7 Å². The molecular formula is C30H24F6N2O5S. The molecule has 1 heterocycles. The zero-order chi connectivity index (χ0) is 32.1. The number of aliphatic hydroxyl groups excluding tert-OH is 1. The Hall–Kier alpha value is -4.43. The summed E-state index contributed by atoms with van der Waals surface area (Å²) in [6.45, 7) is -0.352. The molecule has 0 spiro atoms. The maximum absolute atomic E-state index is 13.0. The number of carbonyl (C=O) groups is 2. The first kappa shape index (κ1) is 32.5. The van der Waals surface area contributed by atoms with Crippen molar-refractivity contribution in [2.45, 2.75) is 31.0 Å². The van der Waals surface area contributed by atoms with Gasteiger partial charge in [0.1, 0.15) is 10.8 Å². The van der Waals surface area contributed by atoms with Crippen molar-refractivity contribution in [3.63, 3.8) is 0 Å². The summed E-state index contributed by atoms with van der Waals surface area (Å²) < 4.78 is 85.4. The van der Waals surface area contributed by atoms with Gasteiger partial charge in [-0.05, 0) is 53.9 Å². The Balaban J connectivity index is 1.57. The fourth-order valence-corrected chi connectivity index (χ4v) is 5.15. The van der Waals surface area contributed by atoms with Crippen LogP contribution in [0.2, 0.25) is 0 Å². The molecular weight excluding hydrogens is 614 g/mol. The van der Waals surface area contributed by atoms with Crippen LogP contribution in [0, 0.1) is 0 Å². The fourth-order valence-electron chi connectivity index (χ4n) is 4.20. The molecule has 4 rings (SSSR count). The van der Waals surface area contributed by atoms with Gasteiger partial charge in [0.15, 0.2) is 6.10 Å². The number of aromatic nitrogens is 1. The Morgan fingerprint density at radius 3 is 2.14 bits per heavy atom. The molecule has 0 fully saturated rings. The highest BCUT2D eigenvalue weighted by Gasteiger charge is 2.32. The monoisotopic (exact) mass is 638 g/mol. The quantitative estimate of drug-likeness (QED) is 0.155. The summed E-state index contributed by atoms with van der Waals surface area (Å²) >= 11 is 1.24. The lowest BCUT2D eigenvalue weighted by atomic mass is 9.92. The number of amides is 1. The number of carbonyl (C=O) groups excluding carboxylic acids is 2. The van der Waals surface area contributed by atoms with Crippen LogP contribution >= 0.6 is 11.3 Å². The summed E-state index contributed by atoms with van der Waals surface area (Å²) in [5, 5.41) is 14.3. The summed E-state index contributed by atoms with van der Waals surface area (Å²) in [5.74, 6) is -2.32. The Bertz CT molecular complexity index is 1570. The normalized spacial score (nSPS) is 13.2. The Morgan fingerprint density at radius 2 is 1.57 bits per heavy atom. The smallest absolute Gasteiger partial charge is 0.467 e. The zero-order valence-electron chi connectivity index (χ0n) is 22.8. The van der Waals surface area contributed by atoms with Crippen molar-refractivity contribution in [3.8, 4) is 17.0 Å². The van der Waals surface area contributed by atoms with E-state index in [0.717, 1.165) is 24.8 Å². The molecule has 0 aliphatic heterocycles. The molecule has 0 radical (unpaired) electrons. The molecule has 2 atom stereocenters. The van der Waals surface area contributed by atoms with E-state index in [4.69, 9.17) is 0 Å². The molecule has 0 saturated carbocycles. The fraction of sp³-hybridized carbons (Fsp3) is 0.233. The van der Waals surface area contributed by atoms with Crippen molar-refractivity contribution < 1.29 is 50.5 Å². The number of alkyl halides is 6. The Labute approximate surface area is 251 Å². The van der Waals surface area contributed by atoms with Crippen molar-refractivity contribution in [3.05, 3.63) is 105 Å². The van der Waals surface area contributed by atoms with Crippen LogP contribution in [-0.2, 0) is 22.1 Å². The van der Waals surface area contributed by atoms with Crippen molar-refractivity contribution in [2.75, 3.05) is 13.7 Å². The molecule has 1 unspecified atom stereocenters. The van der Waals surface area contributed by atoms with Gasteiger partial charge in [-0.15, -0.1) is 24.5 Å². The highest BCUT2D eigenvalue weighted by atomic mass is 32.1. The number of esters is 1. The average molecular weight is 639 g/mol. The van der Waals surface area contributed by atoms with Crippen LogP contribution < -0.4 is 10.1 Å². The van der Waals surface area contributed by atoms with Gasteiger partial charge in [-0.25, -0.2) is 9.78 Å². The van der Waals surface area contributed by atoms with Crippen molar-refractivity contribution in [2.24, 2.45) is 0 Å². The first-order valence-electron chi connectivity index (χ1n) is 12.9. The van der Waals surface area contributed by atoms with Gasteiger partial charge in [-0.1, -0.05) is 36.4 Å². The minimum absolute atomic E-state index is 0.245. The second kappa shape index (κ2) is 13.5. The number of ether oxygens (including phenoxy) is 2. The highest BCUT2D eigenvalue weighted by molar-refractivity contribution is 7.10. The second-order valence-electron chi connectivity index (χ2n) is 9.47. The van der Waals surface area contributed by atoms with Gasteiger partial charge in [-0.3, -0.25) is 4.79 Å². The molecule has 0 aliphatic carbocycles. The maximum Gasteiger partial charge on any atom is 0.573 e. The molecule has 232 valence electrons. The number of thiazole rings is 1. The van der Waals surface area contributed by atoms with Crippen LogP contribution in [0.25, 0.3) is 11.3 Å². The van der Waals surface area contributed by atoms with Gasteiger partial charge in [0.25, 0.3) is 5.91 Å². The summed E-state index contributed by atoms with van der Waals surface area (Å²) in [6, 6.07) is 16.2. The maximum atomic E-state index is 13.0. The largest absolute Gasteiger partial charge is 0.573 e. The molecule has 4 aromatic rings. The second-order valence-corrected chi connectivity index (χ2v) is 10.4. The van der Waals surface area contributed by atoms with Gasteiger partial charge < -0.3 is 19.9 Å². The third-order valence-corrected chi connectivity index (χ3v) is 7.39. The van der Waals surface area contributed by atoms with E-state index in [1.807, 2.05) is 0 Å². The average Bonchev–Trinajstić information content (AvgIpc) is 3.48. The molecule has 14 heteroatoms. The summed E-state index contributed by atoms with van der Waals surface area (Å²) in [6.07, 6.45) is -10.6. The topological polar surface area (TPSA) is 97.8 Å². The van der Waals surface area contributed by atoms with E-state index >= 15 is 0 Å². The van der Waals surface area contributed by atoms with E-state index in [2.05, 4.69) is 19.8 Å². The lowest BCUT2D eigenvalue weighted by molar-refractivity contribution is -0.274.